The molecule has 42 valence electrons. The summed E-state index contributed by atoms with van der Waals surface area (Å²) in [5, 5.41) is 0. The third-order valence-electron chi connectivity index (χ3n) is 0.465. The molecule has 0 amide bonds. The molecule has 0 bridgehead atoms. The van der Waals surface area contributed by atoms with Crippen LogP contribution in [0.1, 0.15) is 13.8 Å². The third kappa shape index (κ3) is 5.96. The Hall–Kier alpha value is -0.0400. The molecule has 0 aliphatic heterocycles. The van der Waals surface area contributed by atoms with Crippen LogP contribution in [0.3, 0.4) is 0 Å². The van der Waals surface area contributed by atoms with Crippen LogP contribution in [0.5, 0.6) is 0 Å². The van der Waals surface area contributed by atoms with Crippen LogP contribution in [0.15, 0.2) is 0 Å². The molecule has 0 spiro atoms. The minimum atomic E-state index is 0.0625. The Labute approximate surface area is 45.7 Å². The van der Waals surface area contributed by atoms with Gasteiger partial charge in [0, 0.05) is 0 Å². The molecule has 2 atom stereocenters. The lowest BCUT2D eigenvalue weighted by molar-refractivity contribution is 0.0598. The van der Waals surface area contributed by atoms with Gasteiger partial charge in [-0.25, -0.2) is 0 Å². The third-order valence-corrected chi connectivity index (χ3v) is 0.465. The van der Waals surface area contributed by atoms with Gasteiger partial charge in [0.05, 0.1) is 12.2 Å². The summed E-state index contributed by atoms with van der Waals surface area (Å²) in [6, 6.07) is 0. The summed E-state index contributed by atoms with van der Waals surface area (Å²) in [7, 11) is 0. The van der Waals surface area contributed by atoms with E-state index in [0.29, 0.717) is 0 Å². The molecule has 1 nitrogen and oxygen atoms in total. The molecule has 0 rings (SSSR count). The van der Waals surface area contributed by atoms with Crippen molar-refractivity contribution in [2.45, 2.75) is 26.1 Å². The van der Waals surface area contributed by atoms with Crippen molar-refractivity contribution < 1.29 is 4.74 Å². The molecule has 2 radical (unpaired) electrons. The van der Waals surface area contributed by atoms with Crippen LogP contribution >= 0.6 is 0 Å². The SMILES string of the molecule is [CH2]C(C)OC([CH2])C. The topological polar surface area (TPSA) is 9.23 Å². The molecule has 0 aromatic heterocycles. The van der Waals surface area contributed by atoms with E-state index in [-0.39, 0.29) is 12.2 Å². The zero-order valence-electron chi connectivity index (χ0n) is 4.98. The first-order chi connectivity index (χ1) is 3.13. The molecule has 2 unspecified atom stereocenters. The fourth-order valence-electron chi connectivity index (χ4n) is 0.397. The van der Waals surface area contributed by atoms with Crippen molar-refractivity contribution in [3.8, 4) is 0 Å². The van der Waals surface area contributed by atoms with E-state index in [1.165, 1.54) is 0 Å². The lowest BCUT2D eigenvalue weighted by Crippen LogP contribution is -2.10. The zero-order chi connectivity index (χ0) is 5.86. The molecule has 0 fully saturated rings. The number of ether oxygens (including phenoxy) is 1. The summed E-state index contributed by atoms with van der Waals surface area (Å²) in [6.07, 6.45) is 0.125. The van der Waals surface area contributed by atoms with Crippen LogP contribution in [-0.4, -0.2) is 12.2 Å². The molecule has 0 aromatic rings. The molecule has 7 heavy (non-hydrogen) atoms. The van der Waals surface area contributed by atoms with E-state index in [0.717, 1.165) is 0 Å². The van der Waals surface area contributed by atoms with Gasteiger partial charge in [-0.3, -0.25) is 0 Å². The average Bonchev–Trinajstić information content (AvgIpc) is 1.27. The van der Waals surface area contributed by atoms with Crippen LogP contribution in [0.4, 0.5) is 0 Å². The quantitative estimate of drug-likeness (QED) is 0.510. The molecular formula is C6H12O. The lowest BCUT2D eigenvalue weighted by atomic mass is 10.4. The maximum absolute atomic E-state index is 5.03. The first-order valence-corrected chi connectivity index (χ1v) is 2.44. The monoisotopic (exact) mass is 100 g/mol. The van der Waals surface area contributed by atoms with Gasteiger partial charge >= 0.3 is 0 Å². The zero-order valence-corrected chi connectivity index (χ0v) is 4.98. The Kier molecular flexibility index (Phi) is 3.01. The van der Waals surface area contributed by atoms with E-state index < -0.39 is 0 Å². The van der Waals surface area contributed by atoms with Gasteiger partial charge in [0.25, 0.3) is 0 Å². The van der Waals surface area contributed by atoms with E-state index in [4.69, 9.17) is 4.74 Å². The molecule has 0 saturated carbocycles. The van der Waals surface area contributed by atoms with Gasteiger partial charge in [0.1, 0.15) is 0 Å². The highest BCUT2D eigenvalue weighted by molar-refractivity contribution is 4.56. The van der Waals surface area contributed by atoms with E-state index in [2.05, 4.69) is 13.8 Å². The number of rotatable bonds is 2. The van der Waals surface area contributed by atoms with E-state index >= 15 is 0 Å². The lowest BCUT2D eigenvalue weighted by Gasteiger charge is -2.09. The molecule has 0 aliphatic carbocycles. The highest BCUT2D eigenvalue weighted by atomic mass is 16.5. The van der Waals surface area contributed by atoms with Gasteiger partial charge in [-0.1, -0.05) is 0 Å². The van der Waals surface area contributed by atoms with Crippen LogP contribution in [0.25, 0.3) is 0 Å². The minimum absolute atomic E-state index is 0.0625. The van der Waals surface area contributed by atoms with Crippen LogP contribution in [-0.2, 0) is 4.74 Å². The Balaban J connectivity index is 2.95. The van der Waals surface area contributed by atoms with E-state index in [9.17, 15) is 0 Å². The summed E-state index contributed by atoms with van der Waals surface area (Å²) < 4.78 is 5.03. The summed E-state index contributed by atoms with van der Waals surface area (Å²) >= 11 is 0. The molecule has 0 aliphatic rings. The molecule has 1 heteroatoms. The normalized spacial score (nSPS) is 11.1. The van der Waals surface area contributed by atoms with Gasteiger partial charge in [0.2, 0.25) is 0 Å². The maximum Gasteiger partial charge on any atom is 0.0551 e. The summed E-state index contributed by atoms with van der Waals surface area (Å²) in [5.74, 6) is 0. The van der Waals surface area contributed by atoms with Gasteiger partial charge in [-0.15, -0.1) is 0 Å². The van der Waals surface area contributed by atoms with Crippen molar-refractivity contribution in [2.24, 2.45) is 0 Å². The fraction of sp³-hybridized carbons (Fsp3) is 0.667. The average molecular weight is 100 g/mol. The Bertz CT molecular complexity index is 33.4. The highest BCUT2D eigenvalue weighted by Crippen LogP contribution is 1.92. The molecular weight excluding hydrogens is 88.1 g/mol. The van der Waals surface area contributed by atoms with Crippen molar-refractivity contribution in [2.75, 3.05) is 0 Å². The van der Waals surface area contributed by atoms with E-state index in [1.54, 1.807) is 0 Å². The largest absolute Gasteiger partial charge is 0.376 e. The van der Waals surface area contributed by atoms with Crippen molar-refractivity contribution in [1.82, 2.24) is 0 Å². The van der Waals surface area contributed by atoms with Crippen molar-refractivity contribution >= 4 is 0 Å². The molecule has 0 saturated heterocycles. The predicted octanol–water partition coefficient (Wildman–Crippen LogP) is 1.45. The summed E-state index contributed by atoms with van der Waals surface area (Å²) in [6.45, 7) is 11.0. The first-order valence-electron chi connectivity index (χ1n) is 2.44. The van der Waals surface area contributed by atoms with Gasteiger partial charge in [-0.05, 0) is 27.7 Å². The van der Waals surface area contributed by atoms with Gasteiger partial charge in [-0.2, -0.15) is 0 Å². The van der Waals surface area contributed by atoms with Crippen molar-refractivity contribution in [3.05, 3.63) is 13.8 Å². The van der Waals surface area contributed by atoms with Crippen molar-refractivity contribution in [3.63, 3.8) is 0 Å². The molecule has 0 heterocycles. The standard InChI is InChI=1S/C6H12O/c1-5(2)7-6(3)4/h5-6H,1,3H2,2,4H3. The second-order valence-electron chi connectivity index (χ2n) is 1.76. The second-order valence-corrected chi connectivity index (χ2v) is 1.76. The number of hydrogen-bond acceptors (Lipinski definition) is 1. The summed E-state index contributed by atoms with van der Waals surface area (Å²) in [5.41, 5.74) is 0. The number of hydrogen-bond donors (Lipinski definition) is 0. The Morgan fingerprint density at radius 1 is 1.14 bits per heavy atom. The minimum Gasteiger partial charge on any atom is -0.376 e. The maximum atomic E-state index is 5.03. The first kappa shape index (κ1) is 6.96. The Morgan fingerprint density at radius 2 is 1.43 bits per heavy atom. The predicted molar refractivity (Wildman–Crippen MR) is 30.7 cm³/mol. The van der Waals surface area contributed by atoms with Crippen LogP contribution in [0, 0.1) is 13.8 Å². The van der Waals surface area contributed by atoms with Crippen LogP contribution in [0.2, 0.25) is 0 Å². The van der Waals surface area contributed by atoms with Crippen LogP contribution < -0.4 is 0 Å². The second kappa shape index (κ2) is 3.03. The fourth-order valence-corrected chi connectivity index (χ4v) is 0.397. The van der Waals surface area contributed by atoms with Gasteiger partial charge in [0.15, 0.2) is 0 Å². The van der Waals surface area contributed by atoms with Gasteiger partial charge < -0.3 is 4.74 Å². The Morgan fingerprint density at radius 3 is 1.43 bits per heavy atom. The van der Waals surface area contributed by atoms with Crippen molar-refractivity contribution in [1.29, 1.82) is 0 Å². The summed E-state index contributed by atoms with van der Waals surface area (Å²) in [4.78, 5) is 0. The highest BCUT2D eigenvalue weighted by Gasteiger charge is 1.94. The molecule has 0 N–H and O–H groups in total. The van der Waals surface area contributed by atoms with E-state index in [1.807, 2.05) is 13.8 Å². The molecule has 0 aromatic carbocycles. The smallest absolute Gasteiger partial charge is 0.0551 e.